The van der Waals surface area contributed by atoms with Gasteiger partial charge in [0, 0.05) is 6.54 Å². The molecule has 0 radical (unpaired) electrons. The van der Waals surface area contributed by atoms with E-state index in [2.05, 4.69) is 4.74 Å². The number of methoxy groups -OCH3 is 1. The van der Waals surface area contributed by atoms with E-state index < -0.39 is 18.0 Å². The van der Waals surface area contributed by atoms with Crippen molar-refractivity contribution in [2.75, 3.05) is 26.0 Å². The second-order valence-corrected chi connectivity index (χ2v) is 6.75. The van der Waals surface area contributed by atoms with Crippen LogP contribution in [0, 0.1) is 11.3 Å². The minimum atomic E-state index is -0.813. The molecule has 1 aliphatic rings. The van der Waals surface area contributed by atoms with E-state index in [1.807, 2.05) is 6.07 Å². The Morgan fingerprint density at radius 2 is 2.07 bits per heavy atom. The second-order valence-electron chi connectivity index (χ2n) is 5.76. The lowest BCUT2D eigenvalue weighted by atomic mass is 10.2. The lowest BCUT2D eigenvalue weighted by Crippen LogP contribution is -2.29. The van der Waals surface area contributed by atoms with Gasteiger partial charge in [-0.15, -0.1) is 0 Å². The molecule has 1 fully saturated rings. The van der Waals surface area contributed by atoms with Gasteiger partial charge in [-0.05, 0) is 37.6 Å². The average Bonchev–Trinajstić information content (AvgIpc) is 3.04. The van der Waals surface area contributed by atoms with Gasteiger partial charge in [-0.1, -0.05) is 11.8 Å². The van der Waals surface area contributed by atoms with Crippen LogP contribution in [0.25, 0.3) is 0 Å². The number of carbonyl (C=O) groups excluding carboxylic acids is 3. The maximum absolute atomic E-state index is 12.0. The maximum atomic E-state index is 12.0. The van der Waals surface area contributed by atoms with Gasteiger partial charge in [-0.2, -0.15) is 5.26 Å². The molecule has 9 heteroatoms. The van der Waals surface area contributed by atoms with Gasteiger partial charge in [0.2, 0.25) is 5.91 Å². The molecule has 1 unspecified atom stereocenters. The number of ether oxygens (including phenoxy) is 3. The zero-order valence-corrected chi connectivity index (χ0v) is 16.4. The molecular weight excluding hydrogens is 384 g/mol. The summed E-state index contributed by atoms with van der Waals surface area (Å²) >= 11 is 1.26. The van der Waals surface area contributed by atoms with Gasteiger partial charge >= 0.3 is 11.9 Å². The number of hydrogen-bond acceptors (Lipinski definition) is 8. The van der Waals surface area contributed by atoms with Crippen LogP contribution in [0.2, 0.25) is 0 Å². The van der Waals surface area contributed by atoms with Crippen LogP contribution >= 0.6 is 11.8 Å². The molecule has 1 saturated heterocycles. The van der Waals surface area contributed by atoms with Gasteiger partial charge in [-0.25, -0.2) is 9.59 Å². The molecule has 0 spiro atoms. The van der Waals surface area contributed by atoms with Crippen LogP contribution in [-0.2, 0) is 23.9 Å². The van der Waals surface area contributed by atoms with Crippen LogP contribution in [-0.4, -0.2) is 54.9 Å². The van der Waals surface area contributed by atoms with Crippen molar-refractivity contribution in [3.63, 3.8) is 0 Å². The topological polar surface area (TPSA) is 106 Å². The summed E-state index contributed by atoms with van der Waals surface area (Å²) in [7, 11) is 1.27. The molecule has 1 amide bonds. The van der Waals surface area contributed by atoms with E-state index in [-0.39, 0.29) is 18.3 Å². The van der Waals surface area contributed by atoms with Crippen LogP contribution in [0.3, 0.4) is 0 Å². The predicted molar refractivity (Wildman–Crippen MR) is 101 cm³/mol. The molecule has 148 valence electrons. The van der Waals surface area contributed by atoms with Crippen LogP contribution in [0.15, 0.2) is 35.4 Å². The molecular formula is C19H20N2O6S. The summed E-state index contributed by atoms with van der Waals surface area (Å²) in [4.78, 5) is 36.8. The zero-order valence-electron chi connectivity index (χ0n) is 15.5. The first-order chi connectivity index (χ1) is 13.4. The number of amides is 1. The molecule has 0 aliphatic carbocycles. The first kappa shape index (κ1) is 21.3. The van der Waals surface area contributed by atoms with Crippen molar-refractivity contribution in [2.24, 2.45) is 0 Å². The molecule has 0 aromatic heterocycles. The van der Waals surface area contributed by atoms with Gasteiger partial charge in [0.15, 0.2) is 6.10 Å². The maximum Gasteiger partial charge on any atom is 0.347 e. The van der Waals surface area contributed by atoms with E-state index in [1.165, 1.54) is 29.8 Å². The Labute approximate surface area is 167 Å². The number of nitriles is 1. The van der Waals surface area contributed by atoms with Gasteiger partial charge < -0.3 is 19.1 Å². The molecule has 1 aliphatic heterocycles. The summed E-state index contributed by atoms with van der Waals surface area (Å²) in [6, 6.07) is 8.40. The average molecular weight is 404 g/mol. The van der Waals surface area contributed by atoms with Crippen molar-refractivity contribution in [3.05, 3.63) is 40.9 Å². The molecule has 1 aromatic rings. The Hall–Kier alpha value is -2.99. The number of hydrogen-bond donors (Lipinski definition) is 0. The SMILES string of the molecule is COC(=O)/C=C1/SCC(=O)N1CCCOC(=O)C(C)Oc1ccc(C#N)cc1. The van der Waals surface area contributed by atoms with Crippen molar-refractivity contribution >= 4 is 29.6 Å². The van der Waals surface area contributed by atoms with E-state index in [0.29, 0.717) is 29.3 Å². The van der Waals surface area contributed by atoms with Crippen LogP contribution in [0.4, 0.5) is 0 Å². The van der Waals surface area contributed by atoms with Crippen molar-refractivity contribution in [2.45, 2.75) is 19.4 Å². The van der Waals surface area contributed by atoms with Gasteiger partial charge in [-0.3, -0.25) is 4.79 Å². The smallest absolute Gasteiger partial charge is 0.347 e. The molecule has 28 heavy (non-hydrogen) atoms. The molecule has 1 heterocycles. The summed E-state index contributed by atoms with van der Waals surface area (Å²) in [5, 5.41) is 9.30. The first-order valence-corrected chi connectivity index (χ1v) is 9.49. The van der Waals surface area contributed by atoms with E-state index >= 15 is 0 Å². The first-order valence-electron chi connectivity index (χ1n) is 8.51. The van der Waals surface area contributed by atoms with E-state index in [9.17, 15) is 14.4 Å². The highest BCUT2D eigenvalue weighted by atomic mass is 32.2. The summed E-state index contributed by atoms with van der Waals surface area (Å²) in [5.74, 6) is -0.443. The van der Waals surface area contributed by atoms with E-state index in [1.54, 1.807) is 31.2 Å². The molecule has 0 bridgehead atoms. The third-order valence-corrected chi connectivity index (χ3v) is 4.78. The van der Waals surface area contributed by atoms with E-state index in [0.717, 1.165) is 0 Å². The van der Waals surface area contributed by atoms with Crippen molar-refractivity contribution in [3.8, 4) is 11.8 Å². The molecule has 1 atom stereocenters. The molecule has 8 nitrogen and oxygen atoms in total. The highest BCUT2D eigenvalue weighted by molar-refractivity contribution is 8.04. The second kappa shape index (κ2) is 10.4. The Morgan fingerprint density at radius 3 is 2.71 bits per heavy atom. The third kappa shape index (κ3) is 6.03. The standard InChI is InChI=1S/C19H20N2O6S/c1-13(27-15-6-4-14(11-20)5-7-15)19(24)26-9-3-8-21-16(22)12-28-17(21)10-18(23)25-2/h4-7,10,13H,3,8-9,12H2,1-2H3/b17-10+. The normalized spacial score (nSPS) is 15.8. The minimum absolute atomic E-state index is 0.107. The summed E-state index contributed by atoms with van der Waals surface area (Å²) in [5.41, 5.74) is 0.498. The van der Waals surface area contributed by atoms with Crippen molar-refractivity contribution < 1.29 is 28.6 Å². The molecule has 0 N–H and O–H groups in total. The molecule has 0 saturated carbocycles. The minimum Gasteiger partial charge on any atom is -0.479 e. The Morgan fingerprint density at radius 1 is 1.36 bits per heavy atom. The number of rotatable bonds is 8. The largest absolute Gasteiger partial charge is 0.479 e. The highest BCUT2D eigenvalue weighted by Gasteiger charge is 2.27. The Balaban J connectivity index is 1.76. The number of carbonyl (C=O) groups is 3. The summed E-state index contributed by atoms with van der Waals surface area (Å²) in [6.07, 6.45) is 0.876. The predicted octanol–water partition coefficient (Wildman–Crippen LogP) is 1.85. The van der Waals surface area contributed by atoms with Gasteiger partial charge in [0.25, 0.3) is 0 Å². The van der Waals surface area contributed by atoms with Gasteiger partial charge in [0.1, 0.15) is 5.75 Å². The molecule has 2 rings (SSSR count). The monoisotopic (exact) mass is 404 g/mol. The fourth-order valence-corrected chi connectivity index (χ4v) is 3.26. The number of benzene rings is 1. The number of thioether (sulfide) groups is 1. The summed E-state index contributed by atoms with van der Waals surface area (Å²) < 4.78 is 15.2. The highest BCUT2D eigenvalue weighted by Crippen LogP contribution is 2.28. The van der Waals surface area contributed by atoms with E-state index in [4.69, 9.17) is 14.7 Å². The lowest BCUT2D eigenvalue weighted by molar-refractivity contribution is -0.151. The van der Waals surface area contributed by atoms with Crippen LogP contribution in [0.1, 0.15) is 18.9 Å². The van der Waals surface area contributed by atoms with Crippen molar-refractivity contribution in [1.82, 2.24) is 4.90 Å². The third-order valence-electron chi connectivity index (χ3n) is 3.75. The number of esters is 2. The fourth-order valence-electron chi connectivity index (χ4n) is 2.30. The number of nitrogens with zero attached hydrogens (tertiary/aromatic N) is 2. The Bertz CT molecular complexity index is 800. The molecule has 1 aromatic carbocycles. The van der Waals surface area contributed by atoms with Crippen molar-refractivity contribution in [1.29, 1.82) is 5.26 Å². The Kier molecular flexibility index (Phi) is 7.89. The van der Waals surface area contributed by atoms with Gasteiger partial charge in [0.05, 0.1) is 42.2 Å². The fraction of sp³-hybridized carbons (Fsp3) is 0.368. The van der Waals surface area contributed by atoms with Crippen LogP contribution in [0.5, 0.6) is 5.75 Å². The lowest BCUT2D eigenvalue weighted by Gasteiger charge is -2.17. The zero-order chi connectivity index (χ0) is 20.5. The quantitative estimate of drug-likeness (QED) is 0.367. The summed E-state index contributed by atoms with van der Waals surface area (Å²) in [6.45, 7) is 2.00. The van der Waals surface area contributed by atoms with Crippen LogP contribution < -0.4 is 4.74 Å².